The first-order valence-electron chi connectivity index (χ1n) is 8.78. The van der Waals surface area contributed by atoms with Gasteiger partial charge in [-0.25, -0.2) is 0 Å². The molecule has 0 saturated heterocycles. The Hall–Kier alpha value is -2.67. The Bertz CT molecular complexity index is 939. The molecule has 2 heterocycles. The van der Waals surface area contributed by atoms with Crippen LogP contribution in [0.4, 0.5) is 0 Å². The van der Waals surface area contributed by atoms with Gasteiger partial charge < -0.3 is 5.32 Å². The molecule has 0 bridgehead atoms. The minimum Gasteiger partial charge on any atom is -0.347 e. The fourth-order valence-corrected chi connectivity index (χ4v) is 3.60. The van der Waals surface area contributed by atoms with Crippen LogP contribution in [0.3, 0.4) is 0 Å². The summed E-state index contributed by atoms with van der Waals surface area (Å²) in [5.41, 5.74) is 4.19. The molecule has 2 aromatic heterocycles. The number of rotatable bonds is 6. The molecule has 0 aliphatic rings. The molecule has 1 N–H and O–H groups in total. The van der Waals surface area contributed by atoms with Crippen molar-refractivity contribution in [1.82, 2.24) is 25.1 Å². The molecule has 27 heavy (non-hydrogen) atoms. The molecule has 0 aliphatic carbocycles. The first-order valence-corrected chi connectivity index (χ1v) is 9.77. The quantitative estimate of drug-likeness (QED) is 0.661. The zero-order valence-electron chi connectivity index (χ0n) is 15.9. The van der Waals surface area contributed by atoms with Gasteiger partial charge in [-0.05, 0) is 57.0 Å². The monoisotopic (exact) mass is 381 g/mol. The molecule has 0 spiro atoms. The molecule has 0 radical (unpaired) electrons. The Balaban J connectivity index is 1.70. The molecule has 1 amide bonds. The molecule has 0 saturated carbocycles. The predicted molar refractivity (Wildman–Crippen MR) is 107 cm³/mol. The first kappa shape index (κ1) is 19.1. The molecule has 0 aliphatic heterocycles. The van der Waals surface area contributed by atoms with Crippen LogP contribution in [0.15, 0.2) is 47.8 Å². The van der Waals surface area contributed by atoms with Crippen LogP contribution in [-0.2, 0) is 4.79 Å². The number of hydrogen-bond acceptors (Lipinski definition) is 5. The number of thioether (sulfide) groups is 1. The van der Waals surface area contributed by atoms with E-state index in [-0.39, 0.29) is 17.7 Å². The van der Waals surface area contributed by atoms with E-state index >= 15 is 0 Å². The maximum absolute atomic E-state index is 12.4. The number of aryl methyl sites for hydroxylation is 3. The van der Waals surface area contributed by atoms with Crippen LogP contribution in [0, 0.1) is 20.8 Å². The smallest absolute Gasteiger partial charge is 0.231 e. The molecule has 3 rings (SSSR count). The Morgan fingerprint density at radius 3 is 2.74 bits per heavy atom. The van der Waals surface area contributed by atoms with Crippen LogP contribution in [0.5, 0.6) is 0 Å². The standard InChI is InChI=1S/C20H23N5OS/c1-13-8-9-14(2)18(11-13)25-16(4)23-24-20(25)27-12-19(26)22-15(3)17-7-5-6-10-21-17/h5-11,15H,12H2,1-4H3,(H,22,26). The van der Waals surface area contributed by atoms with Crippen LogP contribution >= 0.6 is 11.8 Å². The second-order valence-corrected chi connectivity index (χ2v) is 7.43. The van der Waals surface area contributed by atoms with Crippen molar-refractivity contribution in [1.29, 1.82) is 0 Å². The summed E-state index contributed by atoms with van der Waals surface area (Å²) in [4.78, 5) is 16.6. The maximum atomic E-state index is 12.4. The highest BCUT2D eigenvalue weighted by Crippen LogP contribution is 2.25. The van der Waals surface area contributed by atoms with Crippen molar-refractivity contribution < 1.29 is 4.79 Å². The molecule has 7 heteroatoms. The molecule has 140 valence electrons. The normalized spacial score (nSPS) is 12.0. The molecule has 6 nitrogen and oxygen atoms in total. The van der Waals surface area contributed by atoms with Crippen molar-refractivity contribution >= 4 is 17.7 Å². The summed E-state index contributed by atoms with van der Waals surface area (Å²) in [6.07, 6.45) is 1.72. The van der Waals surface area contributed by atoms with Gasteiger partial charge in [-0.15, -0.1) is 10.2 Å². The Labute approximate surface area is 163 Å². The fourth-order valence-electron chi connectivity index (χ4n) is 2.79. The predicted octanol–water partition coefficient (Wildman–Crippen LogP) is 3.56. The molecular formula is C20H23N5OS. The van der Waals surface area contributed by atoms with Crippen molar-refractivity contribution in [3.63, 3.8) is 0 Å². The summed E-state index contributed by atoms with van der Waals surface area (Å²) < 4.78 is 2.00. The van der Waals surface area contributed by atoms with Crippen LogP contribution in [-0.4, -0.2) is 31.4 Å². The minimum absolute atomic E-state index is 0.0636. The summed E-state index contributed by atoms with van der Waals surface area (Å²) >= 11 is 1.38. The average Bonchev–Trinajstić information content (AvgIpc) is 3.03. The van der Waals surface area contributed by atoms with Gasteiger partial charge in [-0.2, -0.15) is 0 Å². The second-order valence-electron chi connectivity index (χ2n) is 6.49. The largest absolute Gasteiger partial charge is 0.347 e. The Morgan fingerprint density at radius 2 is 2.00 bits per heavy atom. The lowest BCUT2D eigenvalue weighted by molar-refractivity contribution is -0.119. The highest BCUT2D eigenvalue weighted by Gasteiger charge is 2.16. The first-order chi connectivity index (χ1) is 13.0. The van der Waals surface area contributed by atoms with E-state index in [2.05, 4.69) is 52.5 Å². The van der Waals surface area contributed by atoms with E-state index in [1.807, 2.05) is 36.6 Å². The number of nitrogens with one attached hydrogen (secondary N) is 1. The second kappa shape index (κ2) is 8.35. The van der Waals surface area contributed by atoms with Crippen LogP contribution in [0.2, 0.25) is 0 Å². The van der Waals surface area contributed by atoms with E-state index in [1.54, 1.807) is 6.20 Å². The summed E-state index contributed by atoms with van der Waals surface area (Å²) in [5, 5.41) is 12.1. The number of benzene rings is 1. The number of nitrogens with zero attached hydrogens (tertiary/aromatic N) is 4. The van der Waals surface area contributed by atoms with Gasteiger partial charge in [0.1, 0.15) is 5.82 Å². The molecule has 1 aromatic carbocycles. The van der Waals surface area contributed by atoms with Crippen LogP contribution in [0.25, 0.3) is 5.69 Å². The lowest BCUT2D eigenvalue weighted by Gasteiger charge is -2.14. The van der Waals surface area contributed by atoms with Gasteiger partial charge in [0.25, 0.3) is 0 Å². The highest BCUT2D eigenvalue weighted by atomic mass is 32.2. The zero-order chi connectivity index (χ0) is 19.4. The SMILES string of the molecule is Cc1ccc(C)c(-n2c(C)nnc2SCC(=O)NC(C)c2ccccn2)c1. The van der Waals surface area contributed by atoms with Crippen molar-refractivity contribution in [2.45, 2.75) is 38.9 Å². The van der Waals surface area contributed by atoms with Gasteiger partial charge in [0, 0.05) is 6.20 Å². The number of pyridine rings is 1. The number of aromatic nitrogens is 4. The molecule has 1 atom stereocenters. The van der Waals surface area contributed by atoms with E-state index in [0.717, 1.165) is 22.8 Å². The third kappa shape index (κ3) is 4.54. The van der Waals surface area contributed by atoms with Gasteiger partial charge >= 0.3 is 0 Å². The number of hydrogen-bond donors (Lipinski definition) is 1. The highest BCUT2D eigenvalue weighted by molar-refractivity contribution is 7.99. The summed E-state index contributed by atoms with van der Waals surface area (Å²) in [6, 6.07) is 11.8. The van der Waals surface area contributed by atoms with Crippen molar-refractivity contribution in [3.05, 3.63) is 65.2 Å². The van der Waals surface area contributed by atoms with Gasteiger partial charge in [0.15, 0.2) is 5.16 Å². The summed E-state index contributed by atoms with van der Waals surface area (Å²) in [5.74, 6) is 1.000. The average molecular weight is 382 g/mol. The zero-order valence-corrected chi connectivity index (χ0v) is 16.7. The molecule has 3 aromatic rings. The topological polar surface area (TPSA) is 72.7 Å². The van der Waals surface area contributed by atoms with Crippen molar-refractivity contribution in [2.75, 3.05) is 5.75 Å². The van der Waals surface area contributed by atoms with E-state index < -0.39 is 0 Å². The van der Waals surface area contributed by atoms with Gasteiger partial charge in [0.2, 0.25) is 5.91 Å². The third-order valence-electron chi connectivity index (χ3n) is 4.24. The Kier molecular flexibility index (Phi) is 5.91. The fraction of sp³-hybridized carbons (Fsp3) is 0.300. The summed E-state index contributed by atoms with van der Waals surface area (Å²) in [6.45, 7) is 7.96. The van der Waals surface area contributed by atoms with E-state index in [9.17, 15) is 4.79 Å². The Morgan fingerprint density at radius 1 is 1.19 bits per heavy atom. The van der Waals surface area contributed by atoms with Crippen molar-refractivity contribution in [2.24, 2.45) is 0 Å². The van der Waals surface area contributed by atoms with E-state index in [0.29, 0.717) is 5.16 Å². The van der Waals surface area contributed by atoms with Crippen LogP contribution < -0.4 is 5.32 Å². The molecule has 0 fully saturated rings. The molecule has 1 unspecified atom stereocenters. The summed E-state index contributed by atoms with van der Waals surface area (Å²) in [7, 11) is 0. The number of carbonyl (C=O) groups excluding carboxylic acids is 1. The van der Waals surface area contributed by atoms with E-state index in [1.165, 1.54) is 17.3 Å². The maximum Gasteiger partial charge on any atom is 0.231 e. The lowest BCUT2D eigenvalue weighted by atomic mass is 10.1. The van der Waals surface area contributed by atoms with Gasteiger partial charge in [-0.1, -0.05) is 30.0 Å². The third-order valence-corrected chi connectivity index (χ3v) is 5.17. The van der Waals surface area contributed by atoms with Crippen LogP contribution in [0.1, 0.15) is 35.6 Å². The van der Waals surface area contributed by atoms with Gasteiger partial charge in [0.05, 0.1) is 23.2 Å². The minimum atomic E-state index is -0.141. The lowest BCUT2D eigenvalue weighted by Crippen LogP contribution is -2.28. The van der Waals surface area contributed by atoms with Crippen molar-refractivity contribution in [3.8, 4) is 5.69 Å². The van der Waals surface area contributed by atoms with E-state index in [4.69, 9.17) is 0 Å². The molecular weight excluding hydrogens is 358 g/mol. The number of amides is 1. The van der Waals surface area contributed by atoms with Gasteiger partial charge in [-0.3, -0.25) is 14.3 Å². The number of carbonyl (C=O) groups is 1.